The molecule has 0 aromatic rings. The summed E-state index contributed by atoms with van der Waals surface area (Å²) in [6.45, 7) is 14.1. The first-order chi connectivity index (χ1) is 4.27. The molecule has 9 heavy (non-hydrogen) atoms. The van der Waals surface area contributed by atoms with Crippen LogP contribution >= 0.6 is 0 Å². The Balaban J connectivity index is -0.0000000771. The van der Waals surface area contributed by atoms with Crippen molar-refractivity contribution >= 4 is 0 Å². The molecule has 2 heteroatoms. The zero-order valence-corrected chi connectivity index (χ0v) is 9.08. The van der Waals surface area contributed by atoms with Gasteiger partial charge in [0.05, 0.1) is 0 Å². The SMILES string of the molecule is CC(C)[N]=[Nb].[CH2-]C.[CH2-]C. The third kappa shape index (κ3) is 56.6. The maximum absolute atomic E-state index is 3.94. The van der Waals surface area contributed by atoms with Crippen LogP contribution < -0.4 is 0 Å². The summed E-state index contributed by atoms with van der Waals surface area (Å²) < 4.78 is 3.94. The van der Waals surface area contributed by atoms with Gasteiger partial charge in [-0.25, -0.2) is 0 Å². The standard InChI is InChI=1S/C3H7N.2C2H5.Nb/c1-3(2)4;2*1-2;/h3H,1-2H3;2*1H2,2H3;/q;2*-1;. The van der Waals surface area contributed by atoms with E-state index in [1.54, 1.807) is 13.8 Å². The molecule has 0 heterocycles. The molecule has 57 valence electrons. The van der Waals surface area contributed by atoms with E-state index in [0.29, 0.717) is 6.04 Å². The fourth-order valence-electron chi connectivity index (χ4n) is 0. The molecule has 0 aromatic carbocycles. The first-order valence-corrected chi connectivity index (χ1v) is 4.01. The zero-order valence-electron chi connectivity index (χ0n) is 6.89. The van der Waals surface area contributed by atoms with Crippen LogP contribution in [0.1, 0.15) is 27.7 Å². The summed E-state index contributed by atoms with van der Waals surface area (Å²) in [6.07, 6.45) is 0. The third-order valence-electron chi connectivity index (χ3n) is 0.231. The number of hydrogen-bond acceptors (Lipinski definition) is 1. The molecule has 0 rings (SSSR count). The van der Waals surface area contributed by atoms with E-state index in [1.807, 2.05) is 0 Å². The molecule has 0 fully saturated rings. The maximum Gasteiger partial charge on any atom is -0.194 e. The van der Waals surface area contributed by atoms with Gasteiger partial charge >= 0.3 is 44.1 Å². The molecule has 0 aliphatic heterocycles. The molecule has 0 aliphatic rings. The van der Waals surface area contributed by atoms with E-state index in [1.165, 1.54) is 20.9 Å². The minimum atomic E-state index is 0.531. The topological polar surface area (TPSA) is 12.4 Å². The van der Waals surface area contributed by atoms with E-state index >= 15 is 0 Å². The molecule has 0 N–H and O–H groups in total. The summed E-state index contributed by atoms with van der Waals surface area (Å²) in [6, 6.07) is 0.531. The largest absolute Gasteiger partial charge is 0.346 e. The van der Waals surface area contributed by atoms with Crippen molar-refractivity contribution in [2.75, 3.05) is 0 Å². The summed E-state index contributed by atoms with van der Waals surface area (Å²) in [5, 5.41) is 0. The van der Waals surface area contributed by atoms with Crippen LogP contribution in [0.4, 0.5) is 0 Å². The number of rotatable bonds is 1. The molecule has 0 unspecified atom stereocenters. The number of nitrogens with zero attached hydrogens (tertiary/aromatic N) is 1. The van der Waals surface area contributed by atoms with Gasteiger partial charge in [0, 0.05) is 0 Å². The van der Waals surface area contributed by atoms with Gasteiger partial charge in [-0.2, -0.15) is 13.8 Å². The maximum atomic E-state index is 3.94. The van der Waals surface area contributed by atoms with Crippen LogP contribution in [0, 0.1) is 13.8 Å². The minimum absolute atomic E-state index is 0.531. The summed E-state index contributed by atoms with van der Waals surface area (Å²) in [7, 11) is 0. The van der Waals surface area contributed by atoms with Gasteiger partial charge in [0.2, 0.25) is 0 Å². The van der Waals surface area contributed by atoms with Crippen LogP contribution in [0.25, 0.3) is 0 Å². The molecule has 1 nitrogen and oxygen atoms in total. The van der Waals surface area contributed by atoms with Gasteiger partial charge in [-0.15, -0.1) is 0 Å². The minimum Gasteiger partial charge on any atom is -0.346 e. The summed E-state index contributed by atoms with van der Waals surface area (Å²) in [5.74, 6) is 0. The molecule has 0 saturated heterocycles. The van der Waals surface area contributed by atoms with Crippen LogP contribution in [0.5, 0.6) is 0 Å². The van der Waals surface area contributed by atoms with Crippen molar-refractivity contribution in [1.82, 2.24) is 0 Å². The predicted octanol–water partition coefficient (Wildman–Crippen LogP) is 2.81. The van der Waals surface area contributed by atoms with E-state index in [4.69, 9.17) is 0 Å². The predicted molar refractivity (Wildman–Crippen MR) is 39.6 cm³/mol. The van der Waals surface area contributed by atoms with Gasteiger partial charge in [-0.05, 0) is 0 Å². The van der Waals surface area contributed by atoms with Gasteiger partial charge in [-0.1, -0.05) is 0 Å². The van der Waals surface area contributed by atoms with Crippen molar-refractivity contribution in [3.63, 3.8) is 0 Å². The van der Waals surface area contributed by atoms with Crippen molar-refractivity contribution in [2.45, 2.75) is 33.7 Å². The van der Waals surface area contributed by atoms with Gasteiger partial charge < -0.3 is 13.8 Å². The Bertz CT molecular complexity index is 35.9. The Hall–Kier alpha value is 0.540. The Kier molecular flexibility index (Phi) is 42.6. The van der Waals surface area contributed by atoms with Crippen molar-refractivity contribution in [1.29, 1.82) is 0 Å². The normalized spacial score (nSPS) is 6.00. The summed E-state index contributed by atoms with van der Waals surface area (Å²) >= 11 is 1.53. The molecule has 0 spiro atoms. The van der Waals surface area contributed by atoms with Gasteiger partial charge in [0.25, 0.3) is 0 Å². The molecule has 0 bridgehead atoms. The van der Waals surface area contributed by atoms with Crippen LogP contribution in [-0.4, -0.2) is 6.04 Å². The molecule has 0 atom stereocenters. The van der Waals surface area contributed by atoms with E-state index in [-0.39, 0.29) is 0 Å². The smallest absolute Gasteiger partial charge is 0.194 e. The Morgan fingerprint density at radius 1 is 1.11 bits per heavy atom. The van der Waals surface area contributed by atoms with Crippen LogP contribution in [0.3, 0.4) is 0 Å². The van der Waals surface area contributed by atoms with Crippen molar-refractivity contribution in [2.24, 2.45) is 3.34 Å². The van der Waals surface area contributed by atoms with Crippen molar-refractivity contribution in [3.8, 4) is 0 Å². The van der Waals surface area contributed by atoms with Crippen LogP contribution in [0.2, 0.25) is 0 Å². The van der Waals surface area contributed by atoms with Crippen LogP contribution in [-0.2, 0) is 20.9 Å². The third-order valence-corrected chi connectivity index (χ3v) is 1.37. The Morgan fingerprint density at radius 2 is 1.22 bits per heavy atom. The van der Waals surface area contributed by atoms with Crippen molar-refractivity contribution in [3.05, 3.63) is 13.8 Å². The molecule has 0 amide bonds. The van der Waals surface area contributed by atoms with Crippen molar-refractivity contribution < 1.29 is 20.9 Å². The quantitative estimate of drug-likeness (QED) is 0.464. The average molecular weight is 208 g/mol. The Morgan fingerprint density at radius 3 is 1.22 bits per heavy atom. The monoisotopic (exact) mass is 208 g/mol. The molecule has 0 aromatic heterocycles. The fraction of sp³-hybridized carbons (Fsp3) is 0.714. The van der Waals surface area contributed by atoms with Gasteiger partial charge in [0.1, 0.15) is 0 Å². The molecule has 0 aliphatic carbocycles. The van der Waals surface area contributed by atoms with E-state index < -0.39 is 0 Å². The second kappa shape index (κ2) is 23.6. The first kappa shape index (κ1) is 16.3. The van der Waals surface area contributed by atoms with E-state index in [0.717, 1.165) is 0 Å². The zero-order chi connectivity index (χ0) is 8.28. The molecule has 0 radical (unpaired) electrons. The van der Waals surface area contributed by atoms with Gasteiger partial charge in [-0.3, -0.25) is 0 Å². The molecular weight excluding hydrogens is 191 g/mol. The van der Waals surface area contributed by atoms with Gasteiger partial charge in [0.15, 0.2) is 0 Å². The second-order valence-corrected chi connectivity index (χ2v) is 1.78. The molecule has 0 saturated carbocycles. The fourth-order valence-corrected chi connectivity index (χ4v) is 0. The van der Waals surface area contributed by atoms with E-state index in [9.17, 15) is 0 Å². The second-order valence-electron chi connectivity index (χ2n) is 1.21. The Labute approximate surface area is 72.0 Å². The number of hydrogen-bond donors (Lipinski definition) is 0. The summed E-state index contributed by atoms with van der Waals surface area (Å²) in [5.41, 5.74) is 0. The van der Waals surface area contributed by atoms with E-state index in [2.05, 4.69) is 31.0 Å². The first-order valence-electron chi connectivity index (χ1n) is 3.03. The average Bonchev–Trinajstić information content (AvgIpc) is 1.97. The molecular formula is C7H17NNb-2. The van der Waals surface area contributed by atoms with Crippen LogP contribution in [0.15, 0.2) is 3.34 Å². The summed E-state index contributed by atoms with van der Waals surface area (Å²) in [4.78, 5) is 0.